The molecule has 2 aromatic heterocycles. The summed E-state index contributed by atoms with van der Waals surface area (Å²) in [6, 6.07) is 1.16. The van der Waals surface area contributed by atoms with Crippen LogP contribution in [0.5, 0.6) is 0 Å². The molecule has 1 aliphatic rings. The van der Waals surface area contributed by atoms with E-state index in [-0.39, 0.29) is 11.3 Å². The maximum Gasteiger partial charge on any atom is 0.451 e. The number of rotatable bonds is 2. The van der Waals surface area contributed by atoms with Gasteiger partial charge < -0.3 is 4.52 Å². The Morgan fingerprint density at radius 2 is 1.85 bits per heavy atom. The summed E-state index contributed by atoms with van der Waals surface area (Å²) in [6.45, 7) is 6.73. The summed E-state index contributed by atoms with van der Waals surface area (Å²) in [5.41, 5.74) is 0.750. The van der Waals surface area contributed by atoms with Crippen LogP contribution in [0.2, 0.25) is 0 Å². The van der Waals surface area contributed by atoms with Crippen LogP contribution < -0.4 is 10.3 Å². The Hall–Kier alpha value is -2.85. The number of alkyl halides is 3. The quantitative estimate of drug-likeness (QED) is 0.854. The number of anilines is 2. The van der Waals surface area contributed by atoms with Gasteiger partial charge in [0.2, 0.25) is 11.7 Å². The summed E-state index contributed by atoms with van der Waals surface area (Å²) in [5, 5.41) is 9.43. The van der Waals surface area contributed by atoms with E-state index in [4.69, 9.17) is 4.52 Å². The molecule has 146 valence electrons. The van der Waals surface area contributed by atoms with Crippen LogP contribution in [-0.4, -0.2) is 39.3 Å². The molecule has 1 fully saturated rings. The molecule has 1 saturated heterocycles. The van der Waals surface area contributed by atoms with Gasteiger partial charge in [0.05, 0.1) is 23.8 Å². The zero-order valence-electron chi connectivity index (χ0n) is 15.0. The van der Waals surface area contributed by atoms with Crippen LogP contribution >= 0.6 is 0 Å². The number of nitrogens with zero attached hydrogens (tertiary/aromatic N) is 5. The van der Waals surface area contributed by atoms with Gasteiger partial charge in [-0.25, -0.2) is 19.8 Å². The number of carbonyl (C=O) groups excluding carboxylic acids is 1. The highest BCUT2D eigenvalue weighted by Gasteiger charge is 2.35. The van der Waals surface area contributed by atoms with E-state index in [1.165, 1.54) is 10.0 Å². The van der Waals surface area contributed by atoms with Crippen LogP contribution in [0, 0.1) is 0 Å². The molecule has 0 saturated carbocycles. The van der Waals surface area contributed by atoms with Gasteiger partial charge in [-0.05, 0) is 6.42 Å². The first-order valence-corrected chi connectivity index (χ1v) is 8.28. The topological polar surface area (TPSA) is 87.4 Å². The van der Waals surface area contributed by atoms with Crippen molar-refractivity contribution in [3.63, 3.8) is 0 Å². The fraction of sp³-hybridized carbons (Fsp3) is 0.500. The minimum atomic E-state index is -4.61. The van der Waals surface area contributed by atoms with Crippen molar-refractivity contribution in [1.29, 1.82) is 0 Å². The molecule has 0 unspecified atom stereocenters. The van der Waals surface area contributed by atoms with Gasteiger partial charge in [0.15, 0.2) is 0 Å². The fourth-order valence-electron chi connectivity index (χ4n) is 2.55. The van der Waals surface area contributed by atoms with E-state index in [9.17, 15) is 18.0 Å². The second kappa shape index (κ2) is 6.71. The summed E-state index contributed by atoms with van der Waals surface area (Å²) in [5.74, 6) is -1.03. The Labute approximate surface area is 153 Å². The average Bonchev–Trinajstić information content (AvgIpc) is 3.22. The lowest BCUT2D eigenvalue weighted by Crippen LogP contribution is -2.44. The molecule has 1 aliphatic heterocycles. The normalized spacial score (nSPS) is 15.3. The number of halogens is 3. The zero-order chi connectivity index (χ0) is 19.8. The first kappa shape index (κ1) is 18.9. The number of urea groups is 1. The third kappa shape index (κ3) is 4.12. The molecule has 11 heteroatoms. The lowest BCUT2D eigenvalue weighted by Gasteiger charge is -2.28. The van der Waals surface area contributed by atoms with E-state index in [1.807, 2.05) is 20.8 Å². The molecule has 1 N–H and O–H groups in total. The van der Waals surface area contributed by atoms with Crippen molar-refractivity contribution in [2.24, 2.45) is 0 Å². The molecule has 3 heterocycles. The molecule has 2 amide bonds. The van der Waals surface area contributed by atoms with E-state index in [2.05, 4.69) is 20.4 Å². The summed E-state index contributed by atoms with van der Waals surface area (Å²) in [7, 11) is 0. The molecular weight excluding hydrogens is 365 g/mol. The van der Waals surface area contributed by atoms with Gasteiger partial charge in [-0.1, -0.05) is 25.9 Å². The lowest BCUT2D eigenvalue weighted by molar-refractivity contribution is -0.145. The highest BCUT2D eigenvalue weighted by molar-refractivity contribution is 5.89. The van der Waals surface area contributed by atoms with E-state index in [1.54, 1.807) is 6.07 Å². The maximum absolute atomic E-state index is 12.6. The van der Waals surface area contributed by atoms with Crippen LogP contribution in [0.1, 0.15) is 38.7 Å². The largest absolute Gasteiger partial charge is 0.451 e. The Bertz CT molecular complexity index is 813. The van der Waals surface area contributed by atoms with Crippen molar-refractivity contribution in [2.45, 2.75) is 38.8 Å². The number of carbonyl (C=O) groups is 1. The Morgan fingerprint density at radius 1 is 1.19 bits per heavy atom. The molecule has 0 atom stereocenters. The second-order valence-electron chi connectivity index (χ2n) is 7.12. The van der Waals surface area contributed by atoms with Gasteiger partial charge in [0.1, 0.15) is 0 Å². The van der Waals surface area contributed by atoms with Gasteiger partial charge >= 0.3 is 12.2 Å². The minimum Gasteiger partial charge on any atom is -0.338 e. The number of hydrogen-bond acceptors (Lipinski definition) is 6. The average molecular weight is 384 g/mol. The predicted octanol–water partition coefficient (Wildman–Crippen LogP) is 3.44. The van der Waals surface area contributed by atoms with Crippen molar-refractivity contribution in [3.05, 3.63) is 30.0 Å². The molecule has 3 rings (SSSR count). The van der Waals surface area contributed by atoms with Crippen LogP contribution in [0.15, 0.2) is 23.0 Å². The first-order chi connectivity index (χ1) is 12.6. The number of hydrogen-bond donors (Lipinski definition) is 1. The summed E-state index contributed by atoms with van der Waals surface area (Å²) < 4.78 is 42.9. The highest BCUT2D eigenvalue weighted by atomic mass is 19.4. The van der Waals surface area contributed by atoms with Gasteiger partial charge in [-0.15, -0.1) is 0 Å². The third-order valence-electron chi connectivity index (χ3n) is 3.96. The zero-order valence-corrected chi connectivity index (χ0v) is 15.0. The van der Waals surface area contributed by atoms with E-state index >= 15 is 0 Å². The molecule has 0 aliphatic carbocycles. The van der Waals surface area contributed by atoms with Crippen molar-refractivity contribution in [2.75, 3.05) is 23.4 Å². The van der Waals surface area contributed by atoms with E-state index in [0.717, 1.165) is 12.4 Å². The van der Waals surface area contributed by atoms with Gasteiger partial charge in [0, 0.05) is 24.6 Å². The second-order valence-corrected chi connectivity index (χ2v) is 7.12. The van der Waals surface area contributed by atoms with Gasteiger partial charge in [-0.3, -0.25) is 10.3 Å². The summed E-state index contributed by atoms with van der Waals surface area (Å²) in [4.78, 5) is 19.2. The van der Waals surface area contributed by atoms with Crippen molar-refractivity contribution >= 4 is 17.6 Å². The van der Waals surface area contributed by atoms with Crippen molar-refractivity contribution < 1.29 is 22.5 Å². The SMILES string of the molecule is CC(C)(C)c1cc(NC(=O)N2CCCN2c2cnc(C(F)(F)F)nc2)on1. The first-order valence-electron chi connectivity index (χ1n) is 8.28. The number of aromatic nitrogens is 3. The van der Waals surface area contributed by atoms with Gasteiger partial charge in [-0.2, -0.15) is 13.2 Å². The Balaban J connectivity index is 1.72. The summed E-state index contributed by atoms with van der Waals surface area (Å²) in [6.07, 6.45) is -1.86. The highest BCUT2D eigenvalue weighted by Crippen LogP contribution is 2.28. The monoisotopic (exact) mass is 384 g/mol. The molecule has 0 aromatic carbocycles. The molecule has 0 spiro atoms. The number of nitrogens with one attached hydrogen (secondary N) is 1. The Morgan fingerprint density at radius 3 is 2.41 bits per heavy atom. The van der Waals surface area contributed by atoms with Gasteiger partial charge in [0.25, 0.3) is 0 Å². The van der Waals surface area contributed by atoms with Crippen LogP contribution in [0.25, 0.3) is 0 Å². The van der Waals surface area contributed by atoms with Crippen LogP contribution in [-0.2, 0) is 11.6 Å². The number of hydrazine groups is 1. The van der Waals surface area contributed by atoms with E-state index < -0.39 is 18.0 Å². The van der Waals surface area contributed by atoms with E-state index in [0.29, 0.717) is 30.9 Å². The third-order valence-corrected chi connectivity index (χ3v) is 3.96. The molecule has 27 heavy (non-hydrogen) atoms. The minimum absolute atomic E-state index is 0.195. The maximum atomic E-state index is 12.6. The predicted molar refractivity (Wildman–Crippen MR) is 89.9 cm³/mol. The standard InChI is InChI=1S/C16H19F3N6O2/c1-15(2,3)11-7-12(27-23-11)22-14(26)25-6-4-5-24(25)10-8-20-13(21-9-10)16(17,18)19/h7-9H,4-6H2,1-3H3,(H,22,26). The fourth-order valence-corrected chi connectivity index (χ4v) is 2.55. The molecule has 2 aromatic rings. The van der Waals surface area contributed by atoms with Crippen LogP contribution in [0.3, 0.4) is 0 Å². The summed E-state index contributed by atoms with van der Waals surface area (Å²) >= 11 is 0. The molecule has 0 bridgehead atoms. The molecular formula is C16H19F3N6O2. The van der Waals surface area contributed by atoms with Crippen molar-refractivity contribution in [3.8, 4) is 0 Å². The lowest BCUT2D eigenvalue weighted by atomic mass is 9.92. The smallest absolute Gasteiger partial charge is 0.338 e. The number of amides is 2. The molecule has 0 radical (unpaired) electrons. The van der Waals surface area contributed by atoms with Crippen LogP contribution in [0.4, 0.5) is 29.5 Å². The Kier molecular flexibility index (Phi) is 4.70. The van der Waals surface area contributed by atoms with Crippen molar-refractivity contribution in [1.82, 2.24) is 20.1 Å². The molecule has 8 nitrogen and oxygen atoms in total.